The highest BCUT2D eigenvalue weighted by atomic mass is 16.5. The van der Waals surface area contributed by atoms with Crippen LogP contribution in [0.15, 0.2) is 85.7 Å². The molecular weight excluding hydrogens is 442 g/mol. The van der Waals surface area contributed by atoms with Gasteiger partial charge in [0.2, 0.25) is 0 Å². The number of nitrogens with zero attached hydrogens (tertiary/aromatic N) is 2. The Morgan fingerprint density at radius 2 is 1.89 bits per heavy atom. The van der Waals surface area contributed by atoms with Crippen molar-refractivity contribution in [2.45, 2.75) is 18.9 Å². The highest BCUT2D eigenvalue weighted by Crippen LogP contribution is 2.32. The van der Waals surface area contributed by atoms with Crippen LogP contribution in [-0.4, -0.2) is 35.1 Å². The molecule has 0 aliphatic carbocycles. The van der Waals surface area contributed by atoms with Crippen molar-refractivity contribution in [3.8, 4) is 17.2 Å². The minimum Gasteiger partial charge on any atom is -0.488 e. The number of ketones is 1. The molecule has 0 saturated carbocycles. The van der Waals surface area contributed by atoms with Crippen LogP contribution in [0.2, 0.25) is 0 Å². The Balaban J connectivity index is 1.42. The van der Waals surface area contributed by atoms with E-state index >= 15 is 0 Å². The molecule has 4 aromatic rings. The molecule has 176 valence electrons. The van der Waals surface area contributed by atoms with Crippen molar-refractivity contribution < 1.29 is 19.0 Å². The van der Waals surface area contributed by atoms with Gasteiger partial charge in [0, 0.05) is 35.5 Å². The number of benzene rings is 3. The summed E-state index contributed by atoms with van der Waals surface area (Å²) in [5, 5.41) is 4.14. The zero-order chi connectivity index (χ0) is 24.0. The Morgan fingerprint density at radius 1 is 1.09 bits per heavy atom. The maximum atomic E-state index is 12.2. The van der Waals surface area contributed by atoms with Gasteiger partial charge in [-0.1, -0.05) is 24.8 Å². The fourth-order valence-electron chi connectivity index (χ4n) is 3.89. The molecule has 0 radical (unpaired) electrons. The van der Waals surface area contributed by atoms with E-state index in [4.69, 9.17) is 14.2 Å². The van der Waals surface area contributed by atoms with Crippen molar-refractivity contribution >= 4 is 28.2 Å². The second-order valence-electron chi connectivity index (χ2n) is 8.21. The number of fused-ring (bicyclic) bond motifs is 1. The van der Waals surface area contributed by atoms with E-state index in [1.54, 1.807) is 0 Å². The molecule has 7 heteroatoms. The number of rotatable bonds is 9. The van der Waals surface area contributed by atoms with Crippen molar-refractivity contribution in [3.63, 3.8) is 0 Å². The molecule has 2 heterocycles. The van der Waals surface area contributed by atoms with Gasteiger partial charge < -0.3 is 19.5 Å². The second kappa shape index (κ2) is 10.4. The predicted molar refractivity (Wildman–Crippen MR) is 135 cm³/mol. The minimum atomic E-state index is -0.0859. The van der Waals surface area contributed by atoms with E-state index in [0.717, 1.165) is 40.1 Å². The predicted octanol–water partition coefficient (Wildman–Crippen LogP) is 5.63. The topological polar surface area (TPSA) is 82.6 Å². The SMILES string of the molecule is C=CC(=O)Cc1cc2c(Nc3ccc(Oc4ccccc4)cc3)ncnc2cc1O[C@H]1CCOC1. The number of aromatic nitrogens is 2. The van der Waals surface area contributed by atoms with E-state index in [0.29, 0.717) is 24.8 Å². The summed E-state index contributed by atoms with van der Waals surface area (Å²) in [4.78, 5) is 21.1. The molecule has 1 aromatic heterocycles. The molecule has 5 rings (SSSR count). The maximum Gasteiger partial charge on any atom is 0.159 e. The molecule has 0 amide bonds. The van der Waals surface area contributed by atoms with E-state index in [1.807, 2.05) is 66.7 Å². The fraction of sp³-hybridized carbons (Fsp3) is 0.179. The van der Waals surface area contributed by atoms with Crippen molar-refractivity contribution in [3.05, 3.63) is 91.3 Å². The molecule has 0 spiro atoms. The second-order valence-corrected chi connectivity index (χ2v) is 8.21. The van der Waals surface area contributed by atoms with Gasteiger partial charge in [-0.25, -0.2) is 9.97 Å². The standard InChI is InChI=1S/C28H25N3O4/c1-2-21(32)14-19-15-25-26(16-27(19)35-24-12-13-33-17-24)29-18-30-28(25)31-20-8-10-23(11-9-20)34-22-6-4-3-5-7-22/h2-11,15-16,18,24H,1,12-14,17H2,(H,29,30,31)/t24-/m0/s1. The zero-order valence-electron chi connectivity index (χ0n) is 19.1. The summed E-state index contributed by atoms with van der Waals surface area (Å²) in [7, 11) is 0. The summed E-state index contributed by atoms with van der Waals surface area (Å²) < 4.78 is 17.5. The Kier molecular flexibility index (Phi) is 6.68. The van der Waals surface area contributed by atoms with Gasteiger partial charge in [-0.2, -0.15) is 0 Å². The molecule has 1 N–H and O–H groups in total. The number of anilines is 2. The van der Waals surface area contributed by atoms with Crippen LogP contribution in [-0.2, 0) is 16.0 Å². The number of hydrogen-bond acceptors (Lipinski definition) is 7. The lowest BCUT2D eigenvalue weighted by Crippen LogP contribution is -2.17. The summed E-state index contributed by atoms with van der Waals surface area (Å²) in [5.41, 5.74) is 2.33. The zero-order valence-corrected chi connectivity index (χ0v) is 19.1. The Hall–Kier alpha value is -4.23. The first kappa shape index (κ1) is 22.6. The monoisotopic (exact) mass is 467 g/mol. The lowest BCUT2D eigenvalue weighted by molar-refractivity contribution is -0.114. The summed E-state index contributed by atoms with van der Waals surface area (Å²) in [6.45, 7) is 4.81. The smallest absolute Gasteiger partial charge is 0.159 e. The third-order valence-electron chi connectivity index (χ3n) is 5.69. The van der Waals surface area contributed by atoms with Gasteiger partial charge in [0.05, 0.1) is 18.7 Å². The molecule has 1 fully saturated rings. The largest absolute Gasteiger partial charge is 0.488 e. The molecule has 1 aliphatic rings. The van der Waals surface area contributed by atoms with Crippen molar-refractivity contribution in [2.75, 3.05) is 18.5 Å². The summed E-state index contributed by atoms with van der Waals surface area (Å²) in [6.07, 6.45) is 3.79. The first-order chi connectivity index (χ1) is 17.2. The van der Waals surface area contributed by atoms with Crippen molar-refractivity contribution in [2.24, 2.45) is 0 Å². The van der Waals surface area contributed by atoms with Gasteiger partial charge in [0.1, 0.15) is 35.5 Å². The Labute approximate surface area is 203 Å². The van der Waals surface area contributed by atoms with Crippen LogP contribution < -0.4 is 14.8 Å². The van der Waals surface area contributed by atoms with Gasteiger partial charge >= 0.3 is 0 Å². The van der Waals surface area contributed by atoms with Crippen LogP contribution in [0.3, 0.4) is 0 Å². The van der Waals surface area contributed by atoms with Crippen molar-refractivity contribution in [1.29, 1.82) is 0 Å². The quantitative estimate of drug-likeness (QED) is 0.319. The average Bonchev–Trinajstić information content (AvgIpc) is 3.40. The molecule has 1 aliphatic heterocycles. The number of carbonyl (C=O) groups excluding carboxylic acids is 1. The van der Waals surface area contributed by atoms with Gasteiger partial charge in [0.25, 0.3) is 0 Å². The molecule has 7 nitrogen and oxygen atoms in total. The highest BCUT2D eigenvalue weighted by molar-refractivity contribution is 5.95. The third kappa shape index (κ3) is 5.47. The van der Waals surface area contributed by atoms with Crippen molar-refractivity contribution in [1.82, 2.24) is 9.97 Å². The fourth-order valence-corrected chi connectivity index (χ4v) is 3.89. The molecule has 3 aromatic carbocycles. The van der Waals surface area contributed by atoms with Gasteiger partial charge in [-0.05, 0) is 48.5 Å². The van der Waals surface area contributed by atoms with Crippen LogP contribution in [0, 0.1) is 0 Å². The van der Waals surface area contributed by atoms with Crippen LogP contribution in [0.25, 0.3) is 10.9 Å². The van der Waals surface area contributed by atoms with E-state index in [2.05, 4.69) is 21.9 Å². The third-order valence-corrected chi connectivity index (χ3v) is 5.69. The van der Waals surface area contributed by atoms with E-state index in [-0.39, 0.29) is 18.3 Å². The number of para-hydroxylation sites is 1. The molecule has 0 bridgehead atoms. The van der Waals surface area contributed by atoms with Gasteiger partial charge in [-0.15, -0.1) is 0 Å². The molecule has 1 atom stereocenters. The summed E-state index contributed by atoms with van der Waals surface area (Å²) in [6, 6.07) is 21.0. The Morgan fingerprint density at radius 3 is 2.63 bits per heavy atom. The maximum absolute atomic E-state index is 12.2. The molecule has 35 heavy (non-hydrogen) atoms. The van der Waals surface area contributed by atoms with Crippen LogP contribution in [0.5, 0.6) is 17.2 Å². The van der Waals surface area contributed by atoms with E-state index < -0.39 is 0 Å². The van der Waals surface area contributed by atoms with Crippen LogP contribution in [0.4, 0.5) is 11.5 Å². The number of carbonyl (C=O) groups is 1. The van der Waals surface area contributed by atoms with E-state index in [1.165, 1.54) is 12.4 Å². The van der Waals surface area contributed by atoms with Gasteiger partial charge in [0.15, 0.2) is 5.78 Å². The first-order valence-corrected chi connectivity index (χ1v) is 11.5. The minimum absolute atomic E-state index is 0.0407. The number of allylic oxidation sites excluding steroid dienone is 1. The van der Waals surface area contributed by atoms with Gasteiger partial charge in [-0.3, -0.25) is 4.79 Å². The lowest BCUT2D eigenvalue weighted by atomic mass is 10.0. The number of hydrogen-bond donors (Lipinski definition) is 1. The summed E-state index contributed by atoms with van der Waals surface area (Å²) in [5.74, 6) is 2.69. The molecule has 1 saturated heterocycles. The summed E-state index contributed by atoms with van der Waals surface area (Å²) >= 11 is 0. The number of ether oxygens (including phenoxy) is 3. The normalized spacial score (nSPS) is 15.0. The first-order valence-electron chi connectivity index (χ1n) is 11.5. The van der Waals surface area contributed by atoms with Crippen LogP contribution in [0.1, 0.15) is 12.0 Å². The molecule has 0 unspecified atom stereocenters. The van der Waals surface area contributed by atoms with Crippen LogP contribution >= 0.6 is 0 Å². The van der Waals surface area contributed by atoms with E-state index in [9.17, 15) is 4.79 Å². The average molecular weight is 468 g/mol. The Bertz CT molecular complexity index is 1330. The lowest BCUT2D eigenvalue weighted by Gasteiger charge is -2.17. The number of nitrogens with one attached hydrogen (secondary N) is 1. The molecular formula is C28H25N3O4. The highest BCUT2D eigenvalue weighted by Gasteiger charge is 2.20.